The highest BCUT2D eigenvalue weighted by Crippen LogP contribution is 2.28. The Kier molecular flexibility index (Phi) is 7.98. The Bertz CT molecular complexity index is 1080. The van der Waals surface area contributed by atoms with E-state index in [4.69, 9.17) is 21.1 Å². The van der Waals surface area contributed by atoms with Crippen LogP contribution in [0.3, 0.4) is 0 Å². The summed E-state index contributed by atoms with van der Waals surface area (Å²) in [6.45, 7) is 6.24. The van der Waals surface area contributed by atoms with Crippen molar-refractivity contribution in [2.24, 2.45) is 0 Å². The summed E-state index contributed by atoms with van der Waals surface area (Å²) < 4.78 is 26.4. The van der Waals surface area contributed by atoms with E-state index in [0.717, 1.165) is 5.75 Å². The van der Waals surface area contributed by atoms with Crippen LogP contribution in [0.1, 0.15) is 32.7 Å². The Hall–Kier alpha value is -2.78. The second-order valence-corrected chi connectivity index (χ2v) is 8.61. The first kappa shape index (κ1) is 23.9. The number of thioether (sulfide) groups is 1. The lowest BCUT2D eigenvalue weighted by Gasteiger charge is -2.16. The molecule has 170 valence electrons. The van der Waals surface area contributed by atoms with Crippen LogP contribution in [0, 0.1) is 5.82 Å². The highest BCUT2D eigenvalue weighted by molar-refractivity contribution is 8.00. The van der Waals surface area contributed by atoms with Gasteiger partial charge in [-0.2, -0.15) is 0 Å². The first-order chi connectivity index (χ1) is 15.3. The number of ether oxygens (including phenoxy) is 2. The van der Waals surface area contributed by atoms with E-state index in [1.165, 1.54) is 30.0 Å². The first-order valence-electron chi connectivity index (χ1n) is 9.98. The predicted octanol–water partition coefficient (Wildman–Crippen LogP) is 5.36. The van der Waals surface area contributed by atoms with E-state index >= 15 is 0 Å². The van der Waals surface area contributed by atoms with Crippen molar-refractivity contribution >= 4 is 35.0 Å². The van der Waals surface area contributed by atoms with Crippen LogP contribution in [-0.4, -0.2) is 33.0 Å². The van der Waals surface area contributed by atoms with Gasteiger partial charge in [0.05, 0.1) is 17.4 Å². The van der Waals surface area contributed by atoms with Gasteiger partial charge in [0.25, 0.3) is 0 Å². The number of halogens is 2. The maximum Gasteiger partial charge on any atom is 0.237 e. The summed E-state index contributed by atoms with van der Waals surface area (Å²) in [7, 11) is 1.61. The van der Waals surface area contributed by atoms with Crippen molar-refractivity contribution in [1.82, 2.24) is 14.8 Å². The van der Waals surface area contributed by atoms with E-state index in [0.29, 0.717) is 29.0 Å². The van der Waals surface area contributed by atoms with Gasteiger partial charge in [0.15, 0.2) is 17.1 Å². The Morgan fingerprint density at radius 1 is 1.19 bits per heavy atom. The lowest BCUT2D eigenvalue weighted by molar-refractivity contribution is -0.115. The molecule has 0 radical (unpaired) electrons. The number of benzene rings is 2. The summed E-state index contributed by atoms with van der Waals surface area (Å²) in [5, 5.41) is 11.4. The number of carbonyl (C=O) groups is 1. The van der Waals surface area contributed by atoms with Crippen LogP contribution in [-0.2, 0) is 11.3 Å². The molecule has 0 bridgehead atoms. The molecule has 0 fully saturated rings. The number of nitrogens with one attached hydrogen (secondary N) is 1. The van der Waals surface area contributed by atoms with Crippen LogP contribution in [0.15, 0.2) is 47.6 Å². The van der Waals surface area contributed by atoms with E-state index < -0.39 is 11.1 Å². The van der Waals surface area contributed by atoms with Crippen molar-refractivity contribution in [3.05, 3.63) is 59.1 Å². The Morgan fingerprint density at radius 2 is 1.88 bits per heavy atom. The van der Waals surface area contributed by atoms with Gasteiger partial charge in [-0.25, -0.2) is 4.39 Å². The molecule has 32 heavy (non-hydrogen) atoms. The number of rotatable bonds is 9. The molecule has 0 aliphatic carbocycles. The topological polar surface area (TPSA) is 78.3 Å². The summed E-state index contributed by atoms with van der Waals surface area (Å²) in [6, 6.07) is 11.3. The molecule has 1 N–H and O–H groups in total. The van der Waals surface area contributed by atoms with Gasteiger partial charge in [-0.3, -0.25) is 4.79 Å². The Labute approximate surface area is 195 Å². The number of nitrogens with zero attached hydrogens (tertiary/aromatic N) is 3. The molecule has 0 spiro atoms. The molecule has 0 aliphatic heterocycles. The first-order valence-corrected chi connectivity index (χ1v) is 11.2. The van der Waals surface area contributed by atoms with Crippen LogP contribution < -0.4 is 14.8 Å². The molecule has 3 aromatic rings. The SMILES string of the molecule is CCn1c(SC(C)C(=O)Nc2ccc(F)c(Cl)c2)nnc1C(C)Oc1ccc(OC)cc1. The van der Waals surface area contributed by atoms with E-state index in [-0.39, 0.29) is 17.0 Å². The van der Waals surface area contributed by atoms with Crippen LogP contribution >= 0.6 is 23.4 Å². The quantitative estimate of drug-likeness (QED) is 0.417. The van der Waals surface area contributed by atoms with Gasteiger partial charge in [0, 0.05) is 12.2 Å². The van der Waals surface area contributed by atoms with Crippen molar-refractivity contribution in [2.75, 3.05) is 12.4 Å². The number of amides is 1. The molecule has 1 amide bonds. The van der Waals surface area contributed by atoms with Crippen LogP contribution in [0.4, 0.5) is 10.1 Å². The average molecular weight is 479 g/mol. The third-order valence-corrected chi connectivity index (χ3v) is 6.01. The molecule has 1 heterocycles. The number of hydrogen-bond donors (Lipinski definition) is 1. The summed E-state index contributed by atoms with van der Waals surface area (Å²) in [6.07, 6.45) is -0.351. The fourth-order valence-corrected chi connectivity index (χ4v) is 4.03. The standard InChI is InChI=1S/C22H24ClFN4O3S/c1-5-28-20(13(2)31-17-9-7-16(30-4)8-10-17)26-27-22(28)32-14(3)21(29)25-15-6-11-19(24)18(23)12-15/h6-14H,5H2,1-4H3,(H,25,29). The zero-order valence-corrected chi connectivity index (χ0v) is 19.7. The number of methoxy groups -OCH3 is 1. The summed E-state index contributed by atoms with van der Waals surface area (Å²) in [4.78, 5) is 12.6. The lowest BCUT2D eigenvalue weighted by atomic mass is 10.3. The van der Waals surface area contributed by atoms with Gasteiger partial charge >= 0.3 is 0 Å². The molecule has 3 rings (SSSR count). The third kappa shape index (κ3) is 5.72. The number of carbonyl (C=O) groups excluding carboxylic acids is 1. The van der Waals surface area contributed by atoms with Crippen molar-refractivity contribution in [2.45, 2.75) is 43.8 Å². The van der Waals surface area contributed by atoms with Crippen molar-refractivity contribution < 1.29 is 18.7 Å². The molecule has 2 unspecified atom stereocenters. The number of aromatic nitrogens is 3. The summed E-state index contributed by atoms with van der Waals surface area (Å²) in [5.41, 5.74) is 0.424. The van der Waals surface area contributed by atoms with Crippen molar-refractivity contribution in [1.29, 1.82) is 0 Å². The van der Waals surface area contributed by atoms with Gasteiger partial charge < -0.3 is 19.4 Å². The molecule has 1 aromatic heterocycles. The van der Waals surface area contributed by atoms with E-state index in [2.05, 4.69) is 15.5 Å². The van der Waals surface area contributed by atoms with Crippen LogP contribution in [0.25, 0.3) is 0 Å². The fraction of sp³-hybridized carbons (Fsp3) is 0.318. The second-order valence-electron chi connectivity index (χ2n) is 6.90. The van der Waals surface area contributed by atoms with Gasteiger partial charge in [-0.1, -0.05) is 23.4 Å². The van der Waals surface area contributed by atoms with Crippen molar-refractivity contribution in [3.8, 4) is 11.5 Å². The highest BCUT2D eigenvalue weighted by atomic mass is 35.5. The predicted molar refractivity (Wildman–Crippen MR) is 123 cm³/mol. The van der Waals surface area contributed by atoms with Gasteiger partial charge in [0.2, 0.25) is 5.91 Å². The smallest absolute Gasteiger partial charge is 0.237 e. The van der Waals surface area contributed by atoms with Crippen molar-refractivity contribution in [3.63, 3.8) is 0 Å². The minimum Gasteiger partial charge on any atom is -0.497 e. The highest BCUT2D eigenvalue weighted by Gasteiger charge is 2.23. The van der Waals surface area contributed by atoms with Gasteiger partial charge in [0.1, 0.15) is 17.3 Å². The molecule has 10 heteroatoms. The maximum absolute atomic E-state index is 13.3. The molecule has 2 aromatic carbocycles. The average Bonchev–Trinajstić information content (AvgIpc) is 3.19. The summed E-state index contributed by atoms with van der Waals surface area (Å²) in [5.74, 6) is 1.29. The number of hydrogen-bond acceptors (Lipinski definition) is 6. The van der Waals surface area contributed by atoms with E-state index in [9.17, 15) is 9.18 Å². The monoisotopic (exact) mass is 478 g/mol. The Morgan fingerprint density at radius 3 is 2.50 bits per heavy atom. The fourth-order valence-electron chi connectivity index (χ4n) is 2.93. The number of anilines is 1. The normalized spacial score (nSPS) is 12.8. The lowest BCUT2D eigenvalue weighted by Crippen LogP contribution is -2.23. The molecule has 7 nitrogen and oxygen atoms in total. The molecule has 2 atom stereocenters. The second kappa shape index (κ2) is 10.7. The minimum absolute atomic E-state index is 0.0516. The summed E-state index contributed by atoms with van der Waals surface area (Å²) >= 11 is 7.06. The largest absolute Gasteiger partial charge is 0.497 e. The molecule has 0 aliphatic rings. The van der Waals surface area contributed by atoms with Crippen LogP contribution in [0.2, 0.25) is 5.02 Å². The molecule has 0 saturated heterocycles. The Balaban J connectivity index is 1.67. The van der Waals surface area contributed by atoms with E-state index in [1.54, 1.807) is 14.0 Å². The van der Waals surface area contributed by atoms with E-state index in [1.807, 2.05) is 42.7 Å². The van der Waals surface area contributed by atoms with Crippen LogP contribution in [0.5, 0.6) is 11.5 Å². The zero-order chi connectivity index (χ0) is 23.3. The minimum atomic E-state index is -0.540. The molecular weight excluding hydrogens is 455 g/mol. The van der Waals surface area contributed by atoms with Gasteiger partial charge in [-0.15, -0.1) is 10.2 Å². The van der Waals surface area contributed by atoms with Gasteiger partial charge in [-0.05, 0) is 63.2 Å². The maximum atomic E-state index is 13.3. The molecular formula is C22H24ClFN4O3S. The molecule has 0 saturated carbocycles. The third-order valence-electron chi connectivity index (χ3n) is 4.64. The zero-order valence-electron chi connectivity index (χ0n) is 18.1.